The van der Waals surface area contributed by atoms with E-state index in [4.69, 9.17) is 5.73 Å². The summed E-state index contributed by atoms with van der Waals surface area (Å²) in [5, 5.41) is 2.98. The fourth-order valence-corrected chi connectivity index (χ4v) is 4.15. The highest BCUT2D eigenvalue weighted by Gasteiger charge is 2.37. The van der Waals surface area contributed by atoms with Gasteiger partial charge in [0.2, 0.25) is 11.8 Å². The van der Waals surface area contributed by atoms with Crippen LogP contribution < -0.4 is 11.1 Å². The van der Waals surface area contributed by atoms with Crippen LogP contribution in [0.4, 0.5) is 0 Å². The molecule has 3 unspecified atom stereocenters. The number of nitrogens with zero attached hydrogens (tertiary/aromatic N) is 1. The zero-order valence-corrected chi connectivity index (χ0v) is 14.9. The molecule has 2 rings (SSSR count). The van der Waals surface area contributed by atoms with E-state index < -0.39 is 0 Å². The van der Waals surface area contributed by atoms with E-state index in [9.17, 15) is 9.59 Å². The van der Waals surface area contributed by atoms with Gasteiger partial charge in [-0.15, -0.1) is 0 Å². The Hall–Kier alpha value is -1.10. The Labute approximate surface area is 140 Å². The van der Waals surface area contributed by atoms with Gasteiger partial charge in [-0.25, -0.2) is 0 Å². The van der Waals surface area contributed by atoms with E-state index in [1.54, 1.807) is 0 Å². The highest BCUT2D eigenvalue weighted by Crippen LogP contribution is 2.32. The third-order valence-electron chi connectivity index (χ3n) is 5.93. The first-order valence-electron chi connectivity index (χ1n) is 9.14. The number of hydrogen-bond donors (Lipinski definition) is 2. The van der Waals surface area contributed by atoms with E-state index in [-0.39, 0.29) is 23.4 Å². The van der Waals surface area contributed by atoms with E-state index in [1.165, 1.54) is 0 Å². The molecule has 0 saturated carbocycles. The number of hydrogen-bond acceptors (Lipinski definition) is 3. The predicted octanol–water partition coefficient (Wildman–Crippen LogP) is 2.05. The number of nitrogens with one attached hydrogen (secondary N) is 1. The lowest BCUT2D eigenvalue weighted by molar-refractivity contribution is -0.127. The van der Waals surface area contributed by atoms with Gasteiger partial charge in [-0.1, -0.05) is 13.3 Å². The second kappa shape index (κ2) is 7.65. The van der Waals surface area contributed by atoms with E-state index in [2.05, 4.69) is 31.0 Å². The Bertz CT molecular complexity index is 426. The van der Waals surface area contributed by atoms with Gasteiger partial charge in [0.05, 0.1) is 6.04 Å². The number of amides is 2. The Kier molecular flexibility index (Phi) is 6.06. The molecule has 5 heteroatoms. The van der Waals surface area contributed by atoms with Gasteiger partial charge in [0.15, 0.2) is 0 Å². The molecule has 2 amide bonds. The molecule has 2 heterocycles. The second-order valence-corrected chi connectivity index (χ2v) is 8.04. The van der Waals surface area contributed by atoms with E-state index in [0.29, 0.717) is 18.3 Å². The predicted molar refractivity (Wildman–Crippen MR) is 91.8 cm³/mol. The normalized spacial score (nSPS) is 28.2. The first-order chi connectivity index (χ1) is 10.8. The summed E-state index contributed by atoms with van der Waals surface area (Å²) in [6.45, 7) is 8.55. The first-order valence-corrected chi connectivity index (χ1v) is 9.14. The minimum atomic E-state index is -0.180. The fourth-order valence-electron chi connectivity index (χ4n) is 4.15. The van der Waals surface area contributed by atoms with E-state index in [1.807, 2.05) is 0 Å². The molecule has 0 aromatic heterocycles. The van der Waals surface area contributed by atoms with Crippen molar-refractivity contribution in [2.24, 2.45) is 17.6 Å². The number of nitrogens with two attached hydrogens (primary N) is 1. The third kappa shape index (κ3) is 4.69. The van der Waals surface area contributed by atoms with Gasteiger partial charge in [0.25, 0.3) is 0 Å². The van der Waals surface area contributed by atoms with Crippen LogP contribution in [0.5, 0.6) is 0 Å². The van der Waals surface area contributed by atoms with Crippen molar-refractivity contribution < 1.29 is 9.59 Å². The molecule has 132 valence electrons. The molecule has 2 fully saturated rings. The monoisotopic (exact) mass is 323 g/mol. The molecule has 3 N–H and O–H groups in total. The van der Waals surface area contributed by atoms with Gasteiger partial charge in [0.1, 0.15) is 0 Å². The third-order valence-corrected chi connectivity index (χ3v) is 5.93. The summed E-state index contributed by atoms with van der Waals surface area (Å²) < 4.78 is 0. The van der Waals surface area contributed by atoms with Crippen LogP contribution in [0.15, 0.2) is 0 Å². The molecular weight excluding hydrogens is 290 g/mol. The molecule has 0 aromatic carbocycles. The van der Waals surface area contributed by atoms with Gasteiger partial charge in [0, 0.05) is 18.5 Å². The minimum Gasteiger partial charge on any atom is -0.368 e. The number of likely N-dealkylation sites (tertiary alicyclic amines) is 1. The van der Waals surface area contributed by atoms with E-state index in [0.717, 1.165) is 51.6 Å². The summed E-state index contributed by atoms with van der Waals surface area (Å²) in [6, 6.07) is -0.108. The molecule has 2 aliphatic rings. The Morgan fingerprint density at radius 2 is 2.13 bits per heavy atom. The van der Waals surface area contributed by atoms with Gasteiger partial charge in [-0.05, 0) is 64.3 Å². The summed E-state index contributed by atoms with van der Waals surface area (Å²) in [4.78, 5) is 25.4. The molecule has 3 atom stereocenters. The van der Waals surface area contributed by atoms with Crippen molar-refractivity contribution in [1.82, 2.24) is 10.2 Å². The maximum atomic E-state index is 11.8. The topological polar surface area (TPSA) is 75.4 Å². The summed E-state index contributed by atoms with van der Waals surface area (Å²) in [7, 11) is 0. The van der Waals surface area contributed by atoms with Crippen LogP contribution in [0.3, 0.4) is 0 Å². The summed E-state index contributed by atoms with van der Waals surface area (Å²) >= 11 is 0. The number of primary amides is 1. The highest BCUT2D eigenvalue weighted by atomic mass is 16.2. The number of carbonyl (C=O) groups is 2. The van der Waals surface area contributed by atoms with Crippen LogP contribution in [-0.2, 0) is 9.59 Å². The molecule has 2 saturated heterocycles. The molecule has 2 aliphatic heterocycles. The summed E-state index contributed by atoms with van der Waals surface area (Å²) in [5.74, 6) is 1.18. The van der Waals surface area contributed by atoms with Gasteiger partial charge in [-0.2, -0.15) is 0 Å². The lowest BCUT2D eigenvalue weighted by atomic mass is 9.80. The smallest absolute Gasteiger partial charge is 0.234 e. The quantitative estimate of drug-likeness (QED) is 0.785. The van der Waals surface area contributed by atoms with Crippen LogP contribution in [0, 0.1) is 11.8 Å². The molecule has 0 radical (unpaired) electrons. The lowest BCUT2D eigenvalue weighted by Crippen LogP contribution is -2.57. The minimum absolute atomic E-state index is 0.00765. The lowest BCUT2D eigenvalue weighted by Gasteiger charge is -2.46. The molecule has 0 spiro atoms. The average molecular weight is 323 g/mol. The molecular formula is C18H33N3O2. The van der Waals surface area contributed by atoms with Crippen molar-refractivity contribution in [1.29, 1.82) is 0 Å². The van der Waals surface area contributed by atoms with Crippen molar-refractivity contribution in [3.63, 3.8) is 0 Å². The highest BCUT2D eigenvalue weighted by molar-refractivity contribution is 5.80. The maximum absolute atomic E-state index is 11.8. The van der Waals surface area contributed by atoms with Crippen molar-refractivity contribution in [3.8, 4) is 0 Å². The average Bonchev–Trinajstić information content (AvgIpc) is 2.53. The number of rotatable bonds is 6. The molecule has 23 heavy (non-hydrogen) atoms. The largest absolute Gasteiger partial charge is 0.368 e. The van der Waals surface area contributed by atoms with Crippen molar-refractivity contribution in [3.05, 3.63) is 0 Å². The van der Waals surface area contributed by atoms with E-state index >= 15 is 0 Å². The fraction of sp³-hybridized carbons (Fsp3) is 0.889. The van der Waals surface area contributed by atoms with Crippen LogP contribution in [0.1, 0.15) is 65.7 Å². The summed E-state index contributed by atoms with van der Waals surface area (Å²) in [6.07, 6.45) is 6.98. The Balaban J connectivity index is 1.89. The van der Waals surface area contributed by atoms with Crippen molar-refractivity contribution in [2.75, 3.05) is 13.1 Å². The van der Waals surface area contributed by atoms with Crippen LogP contribution in [0.25, 0.3) is 0 Å². The molecule has 5 nitrogen and oxygen atoms in total. The standard InChI is InChI=1S/C18H33N3O2/c1-13(14-7-8-16(22)20-12-14)9-10-18(2,3)21-11-5-4-6-15(21)17(19)23/h13-15H,4-12H2,1-3H3,(H2,19,23)(H,20,22). The van der Waals surface area contributed by atoms with Crippen LogP contribution in [-0.4, -0.2) is 41.4 Å². The molecule has 0 bridgehead atoms. The van der Waals surface area contributed by atoms with Gasteiger partial charge in [-0.3, -0.25) is 14.5 Å². The number of carbonyl (C=O) groups excluding carboxylic acids is 2. The summed E-state index contributed by atoms with van der Waals surface area (Å²) in [5.41, 5.74) is 5.61. The molecule has 0 aromatic rings. The zero-order chi connectivity index (χ0) is 17.0. The second-order valence-electron chi connectivity index (χ2n) is 8.04. The number of piperidine rings is 2. The van der Waals surface area contributed by atoms with Crippen molar-refractivity contribution >= 4 is 11.8 Å². The Morgan fingerprint density at radius 1 is 1.39 bits per heavy atom. The van der Waals surface area contributed by atoms with Crippen LogP contribution >= 0.6 is 0 Å². The SMILES string of the molecule is CC(CCC(C)(C)N1CCCCC1C(N)=O)C1CCC(=O)NC1. The zero-order valence-electron chi connectivity index (χ0n) is 14.9. The van der Waals surface area contributed by atoms with Crippen molar-refractivity contribution in [2.45, 2.75) is 77.3 Å². The molecule has 0 aliphatic carbocycles. The van der Waals surface area contributed by atoms with Gasteiger partial charge < -0.3 is 11.1 Å². The van der Waals surface area contributed by atoms with Crippen LogP contribution in [0.2, 0.25) is 0 Å². The Morgan fingerprint density at radius 3 is 2.74 bits per heavy atom. The maximum Gasteiger partial charge on any atom is 0.234 e. The first kappa shape index (κ1) is 18.2. The van der Waals surface area contributed by atoms with Gasteiger partial charge >= 0.3 is 0 Å².